The SMILES string of the molecule is CC1(c2ncc(C(=O)Nc3c[nH]c4cc(F)c(F)cc34)cc2F)CCC(F)(F)CC1. The molecule has 1 aliphatic rings. The number of carbonyl (C=O) groups excluding carboxylic acids is 1. The summed E-state index contributed by atoms with van der Waals surface area (Å²) in [5, 5.41) is 2.76. The Kier molecular flexibility index (Phi) is 4.79. The summed E-state index contributed by atoms with van der Waals surface area (Å²) < 4.78 is 68.5. The van der Waals surface area contributed by atoms with E-state index in [0.29, 0.717) is 0 Å². The van der Waals surface area contributed by atoms with E-state index in [1.165, 1.54) is 12.4 Å². The molecule has 0 bridgehead atoms. The number of anilines is 1. The Morgan fingerprint density at radius 3 is 2.37 bits per heavy atom. The number of nitrogens with zero attached hydrogens (tertiary/aromatic N) is 1. The predicted molar refractivity (Wildman–Crippen MR) is 101 cm³/mol. The van der Waals surface area contributed by atoms with E-state index in [1.807, 2.05) is 0 Å². The fourth-order valence-corrected chi connectivity index (χ4v) is 3.83. The fourth-order valence-electron chi connectivity index (χ4n) is 3.83. The number of carbonyl (C=O) groups is 1. The van der Waals surface area contributed by atoms with Crippen LogP contribution in [-0.4, -0.2) is 21.8 Å². The largest absolute Gasteiger partial charge is 0.359 e. The first-order valence-electron chi connectivity index (χ1n) is 9.39. The highest BCUT2D eigenvalue weighted by atomic mass is 19.3. The van der Waals surface area contributed by atoms with Crippen molar-refractivity contribution in [2.45, 2.75) is 43.9 Å². The molecule has 9 heteroatoms. The normalized spacial score (nSPS) is 17.8. The molecule has 3 aromatic rings. The van der Waals surface area contributed by atoms with Crippen molar-refractivity contribution >= 4 is 22.5 Å². The number of nitrogens with one attached hydrogen (secondary N) is 2. The van der Waals surface area contributed by atoms with E-state index in [9.17, 15) is 26.7 Å². The summed E-state index contributed by atoms with van der Waals surface area (Å²) in [6.45, 7) is 1.69. The van der Waals surface area contributed by atoms with Crippen molar-refractivity contribution in [2.24, 2.45) is 0 Å². The average molecular weight is 423 g/mol. The van der Waals surface area contributed by atoms with Crippen LogP contribution in [0, 0.1) is 17.5 Å². The minimum absolute atomic E-state index is 0.0548. The molecular weight excluding hydrogens is 405 g/mol. The number of benzene rings is 1. The van der Waals surface area contributed by atoms with Gasteiger partial charge in [-0.25, -0.2) is 22.0 Å². The van der Waals surface area contributed by atoms with E-state index < -0.39 is 34.7 Å². The Bertz CT molecular complexity index is 1130. The molecule has 0 saturated heterocycles. The standard InChI is InChI=1S/C21H18F5N3O/c1-20(2-4-21(25,26)5-3-20)18-15(24)6-11(9-28-18)19(30)29-17-10-27-16-8-14(23)13(22)7-12(16)17/h6-10,27H,2-5H2,1H3,(H,29,30). The number of hydrogen-bond acceptors (Lipinski definition) is 2. The number of hydrogen-bond donors (Lipinski definition) is 2. The Hall–Kier alpha value is -2.97. The minimum Gasteiger partial charge on any atom is -0.359 e. The van der Waals surface area contributed by atoms with Gasteiger partial charge in [-0.1, -0.05) is 6.92 Å². The van der Waals surface area contributed by atoms with Gasteiger partial charge in [-0.2, -0.15) is 0 Å². The summed E-state index contributed by atoms with van der Waals surface area (Å²) in [6, 6.07) is 2.91. The monoisotopic (exact) mass is 423 g/mol. The van der Waals surface area contributed by atoms with Gasteiger partial charge in [-0.05, 0) is 25.0 Å². The van der Waals surface area contributed by atoms with Gasteiger partial charge in [0.1, 0.15) is 5.82 Å². The van der Waals surface area contributed by atoms with Crippen molar-refractivity contribution in [2.75, 3.05) is 5.32 Å². The third-order valence-corrected chi connectivity index (χ3v) is 5.73. The molecule has 0 radical (unpaired) electrons. The van der Waals surface area contributed by atoms with Crippen LogP contribution in [-0.2, 0) is 5.41 Å². The van der Waals surface area contributed by atoms with Gasteiger partial charge in [0.2, 0.25) is 5.92 Å². The third-order valence-electron chi connectivity index (χ3n) is 5.73. The van der Waals surface area contributed by atoms with Crippen molar-refractivity contribution in [1.29, 1.82) is 0 Å². The lowest BCUT2D eigenvalue weighted by Crippen LogP contribution is -2.35. The Balaban J connectivity index is 1.56. The van der Waals surface area contributed by atoms with E-state index in [0.717, 1.165) is 18.2 Å². The first kappa shape index (κ1) is 20.3. The van der Waals surface area contributed by atoms with Gasteiger partial charge >= 0.3 is 0 Å². The molecule has 30 heavy (non-hydrogen) atoms. The number of alkyl halides is 2. The lowest BCUT2D eigenvalue weighted by Gasteiger charge is -2.36. The molecule has 0 spiro atoms. The highest BCUT2D eigenvalue weighted by Gasteiger charge is 2.43. The number of aromatic nitrogens is 2. The molecule has 0 atom stereocenters. The molecule has 2 aromatic heterocycles. The number of aromatic amines is 1. The van der Waals surface area contributed by atoms with Gasteiger partial charge in [-0.3, -0.25) is 9.78 Å². The number of amides is 1. The van der Waals surface area contributed by atoms with E-state index in [-0.39, 0.29) is 53.5 Å². The molecule has 1 aromatic carbocycles. The molecule has 1 amide bonds. The molecule has 1 saturated carbocycles. The van der Waals surface area contributed by atoms with Crippen LogP contribution in [0.3, 0.4) is 0 Å². The molecular formula is C21H18F5N3O. The highest BCUT2D eigenvalue weighted by Crippen LogP contribution is 2.45. The topological polar surface area (TPSA) is 57.8 Å². The summed E-state index contributed by atoms with van der Waals surface area (Å²) in [4.78, 5) is 19.3. The molecule has 4 nitrogen and oxygen atoms in total. The van der Waals surface area contributed by atoms with Crippen LogP contribution in [0.2, 0.25) is 0 Å². The van der Waals surface area contributed by atoms with Crippen molar-refractivity contribution in [3.8, 4) is 0 Å². The average Bonchev–Trinajstić information content (AvgIpc) is 3.06. The van der Waals surface area contributed by atoms with Gasteiger partial charge in [0.05, 0.1) is 22.5 Å². The van der Waals surface area contributed by atoms with Gasteiger partial charge in [0.25, 0.3) is 5.91 Å². The summed E-state index contributed by atoms with van der Waals surface area (Å²) in [6.07, 6.45) is 2.04. The maximum atomic E-state index is 14.7. The highest BCUT2D eigenvalue weighted by molar-refractivity contribution is 6.08. The predicted octanol–water partition coefficient (Wildman–Crippen LogP) is 5.70. The summed E-state index contributed by atoms with van der Waals surface area (Å²) >= 11 is 0. The van der Waals surface area contributed by atoms with Gasteiger partial charge in [-0.15, -0.1) is 0 Å². The number of halogens is 5. The number of rotatable bonds is 3. The van der Waals surface area contributed by atoms with Crippen molar-refractivity contribution in [1.82, 2.24) is 9.97 Å². The second-order valence-electron chi connectivity index (χ2n) is 7.94. The molecule has 1 fully saturated rings. The summed E-state index contributed by atoms with van der Waals surface area (Å²) in [5.41, 5.74) is -0.387. The molecule has 2 N–H and O–H groups in total. The van der Waals surface area contributed by atoms with Crippen molar-refractivity contribution < 1.29 is 26.7 Å². The van der Waals surface area contributed by atoms with Crippen LogP contribution in [0.5, 0.6) is 0 Å². The lowest BCUT2D eigenvalue weighted by molar-refractivity contribution is -0.0506. The Morgan fingerprint density at radius 2 is 1.70 bits per heavy atom. The van der Waals surface area contributed by atoms with Crippen molar-refractivity contribution in [3.63, 3.8) is 0 Å². The van der Waals surface area contributed by atoms with Crippen LogP contribution in [0.4, 0.5) is 27.6 Å². The second kappa shape index (κ2) is 7.07. The number of H-pyrrole nitrogens is 1. The second-order valence-corrected chi connectivity index (χ2v) is 7.94. The smallest absolute Gasteiger partial charge is 0.257 e. The first-order chi connectivity index (χ1) is 14.1. The number of pyridine rings is 1. The molecule has 158 valence electrons. The quantitative estimate of drug-likeness (QED) is 0.531. The third kappa shape index (κ3) is 3.64. The molecule has 4 rings (SSSR count). The lowest BCUT2D eigenvalue weighted by atomic mass is 9.71. The van der Waals surface area contributed by atoms with Crippen LogP contribution in [0.25, 0.3) is 10.9 Å². The van der Waals surface area contributed by atoms with Gasteiger partial charge in [0.15, 0.2) is 11.6 Å². The molecule has 2 heterocycles. The van der Waals surface area contributed by atoms with Gasteiger partial charge in [0, 0.05) is 42.1 Å². The fraction of sp³-hybridized carbons (Fsp3) is 0.333. The minimum atomic E-state index is -2.75. The van der Waals surface area contributed by atoms with E-state index in [2.05, 4.69) is 15.3 Å². The zero-order valence-electron chi connectivity index (χ0n) is 16.0. The van der Waals surface area contributed by atoms with Crippen LogP contribution < -0.4 is 5.32 Å². The Morgan fingerprint density at radius 1 is 1.03 bits per heavy atom. The van der Waals surface area contributed by atoms with E-state index in [1.54, 1.807) is 6.92 Å². The van der Waals surface area contributed by atoms with Crippen LogP contribution >= 0.6 is 0 Å². The molecule has 0 aliphatic heterocycles. The van der Waals surface area contributed by atoms with E-state index in [4.69, 9.17) is 0 Å². The Labute approximate surface area is 168 Å². The van der Waals surface area contributed by atoms with Crippen LogP contribution in [0.15, 0.2) is 30.6 Å². The van der Waals surface area contributed by atoms with E-state index >= 15 is 0 Å². The molecule has 1 aliphatic carbocycles. The maximum absolute atomic E-state index is 14.7. The summed E-state index contributed by atoms with van der Waals surface area (Å²) in [7, 11) is 0. The zero-order valence-corrected chi connectivity index (χ0v) is 16.0. The van der Waals surface area contributed by atoms with Crippen LogP contribution in [0.1, 0.15) is 48.7 Å². The first-order valence-corrected chi connectivity index (χ1v) is 9.39. The zero-order chi connectivity index (χ0) is 21.7. The van der Waals surface area contributed by atoms with Crippen molar-refractivity contribution in [3.05, 3.63) is 59.3 Å². The van der Waals surface area contributed by atoms with Gasteiger partial charge < -0.3 is 10.3 Å². The summed E-state index contributed by atoms with van der Waals surface area (Å²) in [5.74, 6) is -6.29. The number of fused-ring (bicyclic) bond motifs is 1. The maximum Gasteiger partial charge on any atom is 0.257 e. The molecule has 0 unspecified atom stereocenters.